The van der Waals surface area contributed by atoms with E-state index in [4.69, 9.17) is 18.9 Å². The standard InChI is InChI=1S/C27H36N2O6/c30-20-17-32-23-22(33-26-24(23)34-27(35-26)14-8-3-9-15-27)21(25(31)28-19-12-6-2-7-13-19)29(20)16-18-10-4-1-5-11-18/h1,4-5,10-11,19,21-24,26H,2-3,6-9,12-17H2,(H,28,31)/t21-,22-,23+,24-,26-/m1/s1. The van der Waals surface area contributed by atoms with Crippen molar-refractivity contribution in [3.63, 3.8) is 0 Å². The highest BCUT2D eigenvalue weighted by Gasteiger charge is 2.62. The van der Waals surface area contributed by atoms with E-state index < -0.39 is 36.4 Å². The molecule has 3 saturated heterocycles. The minimum absolute atomic E-state index is 0.107. The molecule has 1 N–H and O–H groups in total. The molecule has 5 fully saturated rings. The van der Waals surface area contributed by atoms with Gasteiger partial charge in [-0.3, -0.25) is 9.59 Å². The van der Waals surface area contributed by atoms with E-state index >= 15 is 0 Å². The number of benzene rings is 1. The van der Waals surface area contributed by atoms with Gasteiger partial charge >= 0.3 is 0 Å². The van der Waals surface area contributed by atoms with Gasteiger partial charge in [0.15, 0.2) is 12.1 Å². The van der Waals surface area contributed by atoms with Gasteiger partial charge in [0, 0.05) is 25.4 Å². The van der Waals surface area contributed by atoms with Gasteiger partial charge in [-0.2, -0.15) is 0 Å². The van der Waals surface area contributed by atoms with Crippen LogP contribution in [0, 0.1) is 0 Å². The summed E-state index contributed by atoms with van der Waals surface area (Å²) in [6.07, 6.45) is 8.14. The molecule has 0 radical (unpaired) electrons. The maximum atomic E-state index is 13.8. The number of nitrogens with one attached hydrogen (secondary N) is 1. The molecule has 8 nitrogen and oxygen atoms in total. The molecule has 35 heavy (non-hydrogen) atoms. The Labute approximate surface area is 206 Å². The molecular weight excluding hydrogens is 448 g/mol. The van der Waals surface area contributed by atoms with Gasteiger partial charge in [-0.05, 0) is 31.2 Å². The zero-order chi connectivity index (χ0) is 23.8. The molecule has 8 heteroatoms. The molecule has 0 bridgehead atoms. The van der Waals surface area contributed by atoms with Gasteiger partial charge in [-0.25, -0.2) is 0 Å². The summed E-state index contributed by atoms with van der Waals surface area (Å²) in [5.74, 6) is -1.01. The third-order valence-electron chi connectivity index (χ3n) is 8.29. The van der Waals surface area contributed by atoms with Crippen LogP contribution >= 0.6 is 0 Å². The smallest absolute Gasteiger partial charge is 0.249 e. The van der Waals surface area contributed by atoms with E-state index in [-0.39, 0.29) is 24.5 Å². The Morgan fingerprint density at radius 3 is 2.46 bits per heavy atom. The zero-order valence-electron chi connectivity index (χ0n) is 20.2. The number of ether oxygens (including phenoxy) is 4. The third kappa shape index (κ3) is 4.61. The van der Waals surface area contributed by atoms with Crippen molar-refractivity contribution in [3.8, 4) is 0 Å². The molecule has 3 heterocycles. The number of carbonyl (C=O) groups excluding carboxylic acids is 2. The minimum Gasteiger partial charge on any atom is -0.363 e. The monoisotopic (exact) mass is 484 g/mol. The predicted molar refractivity (Wildman–Crippen MR) is 126 cm³/mol. The molecule has 190 valence electrons. The molecule has 1 spiro atoms. The van der Waals surface area contributed by atoms with E-state index in [0.29, 0.717) is 6.54 Å². The Balaban J connectivity index is 1.27. The van der Waals surface area contributed by atoms with E-state index in [1.54, 1.807) is 4.90 Å². The number of hydrogen-bond acceptors (Lipinski definition) is 6. The molecule has 3 aliphatic heterocycles. The summed E-state index contributed by atoms with van der Waals surface area (Å²) in [6, 6.07) is 9.08. The average Bonchev–Trinajstić information content (AvgIpc) is 3.33. The summed E-state index contributed by atoms with van der Waals surface area (Å²) in [4.78, 5) is 28.8. The predicted octanol–water partition coefficient (Wildman–Crippen LogP) is 3.03. The van der Waals surface area contributed by atoms with Crippen molar-refractivity contribution in [2.45, 2.75) is 113 Å². The van der Waals surface area contributed by atoms with Crippen LogP contribution in [0.1, 0.15) is 69.8 Å². The molecular formula is C27H36N2O6. The fraction of sp³-hybridized carbons (Fsp3) is 0.704. The van der Waals surface area contributed by atoms with Gasteiger partial charge < -0.3 is 29.2 Å². The van der Waals surface area contributed by atoms with E-state index in [0.717, 1.165) is 56.9 Å². The fourth-order valence-corrected chi connectivity index (χ4v) is 6.50. The van der Waals surface area contributed by atoms with Crippen LogP contribution in [0.5, 0.6) is 0 Å². The Morgan fingerprint density at radius 1 is 0.943 bits per heavy atom. The summed E-state index contributed by atoms with van der Waals surface area (Å²) < 4.78 is 25.4. The van der Waals surface area contributed by atoms with Crippen molar-refractivity contribution in [1.29, 1.82) is 0 Å². The minimum atomic E-state index is -0.808. The van der Waals surface area contributed by atoms with E-state index in [9.17, 15) is 9.59 Å². The van der Waals surface area contributed by atoms with Crippen LogP contribution in [-0.2, 0) is 35.1 Å². The quantitative estimate of drug-likeness (QED) is 0.707. The highest BCUT2D eigenvalue weighted by atomic mass is 16.8. The first-order valence-electron chi connectivity index (χ1n) is 13.4. The van der Waals surface area contributed by atoms with E-state index in [1.807, 2.05) is 30.3 Å². The normalized spacial score (nSPS) is 34.9. The summed E-state index contributed by atoms with van der Waals surface area (Å²) in [5.41, 5.74) is 0.960. The molecule has 5 atom stereocenters. The lowest BCUT2D eigenvalue weighted by Gasteiger charge is -2.37. The van der Waals surface area contributed by atoms with Crippen LogP contribution in [-0.4, -0.2) is 65.8 Å². The van der Waals surface area contributed by atoms with Crippen molar-refractivity contribution in [2.75, 3.05) is 6.61 Å². The molecule has 1 aromatic carbocycles. The fourth-order valence-electron chi connectivity index (χ4n) is 6.50. The third-order valence-corrected chi connectivity index (χ3v) is 8.29. The number of rotatable bonds is 4. The van der Waals surface area contributed by atoms with Crippen molar-refractivity contribution < 1.29 is 28.5 Å². The maximum absolute atomic E-state index is 13.8. The van der Waals surface area contributed by atoms with Crippen LogP contribution in [0.2, 0.25) is 0 Å². The second-order valence-electron chi connectivity index (χ2n) is 10.7. The van der Waals surface area contributed by atoms with Crippen LogP contribution in [0.15, 0.2) is 30.3 Å². The second-order valence-corrected chi connectivity index (χ2v) is 10.7. The number of carbonyl (C=O) groups is 2. The van der Waals surface area contributed by atoms with Gasteiger partial charge in [-0.1, -0.05) is 56.0 Å². The first-order chi connectivity index (χ1) is 17.1. The first-order valence-corrected chi connectivity index (χ1v) is 13.4. The van der Waals surface area contributed by atoms with Crippen molar-refractivity contribution in [1.82, 2.24) is 10.2 Å². The number of fused-ring (bicyclic) bond motifs is 3. The van der Waals surface area contributed by atoms with Crippen LogP contribution in [0.4, 0.5) is 0 Å². The van der Waals surface area contributed by atoms with Crippen molar-refractivity contribution in [2.24, 2.45) is 0 Å². The van der Waals surface area contributed by atoms with Crippen LogP contribution in [0.25, 0.3) is 0 Å². The average molecular weight is 485 g/mol. The summed E-state index contributed by atoms with van der Waals surface area (Å²) in [6.45, 7) is 0.212. The van der Waals surface area contributed by atoms with Crippen molar-refractivity contribution in [3.05, 3.63) is 35.9 Å². The molecule has 2 saturated carbocycles. The Kier molecular flexibility index (Phi) is 6.56. The Morgan fingerprint density at radius 2 is 1.69 bits per heavy atom. The van der Waals surface area contributed by atoms with Gasteiger partial charge in [0.2, 0.25) is 11.8 Å². The molecule has 6 rings (SSSR count). The van der Waals surface area contributed by atoms with Gasteiger partial charge in [0.25, 0.3) is 0 Å². The van der Waals surface area contributed by atoms with Crippen LogP contribution < -0.4 is 5.32 Å². The molecule has 2 amide bonds. The zero-order valence-corrected chi connectivity index (χ0v) is 20.2. The molecule has 5 aliphatic rings. The largest absolute Gasteiger partial charge is 0.363 e. The van der Waals surface area contributed by atoms with Gasteiger partial charge in [0.05, 0.1) is 0 Å². The number of nitrogens with zero attached hydrogens (tertiary/aromatic N) is 1. The van der Waals surface area contributed by atoms with E-state index in [1.165, 1.54) is 12.8 Å². The lowest BCUT2D eigenvalue weighted by Crippen LogP contribution is -2.58. The molecule has 1 aromatic rings. The van der Waals surface area contributed by atoms with Crippen LogP contribution in [0.3, 0.4) is 0 Å². The van der Waals surface area contributed by atoms with Crippen molar-refractivity contribution >= 4 is 11.8 Å². The summed E-state index contributed by atoms with van der Waals surface area (Å²) in [5, 5.41) is 3.24. The maximum Gasteiger partial charge on any atom is 0.249 e. The van der Waals surface area contributed by atoms with Gasteiger partial charge in [-0.15, -0.1) is 0 Å². The second kappa shape index (κ2) is 9.81. The van der Waals surface area contributed by atoms with E-state index in [2.05, 4.69) is 5.32 Å². The molecule has 2 aliphatic carbocycles. The topological polar surface area (TPSA) is 86.3 Å². The number of hydrogen-bond donors (Lipinski definition) is 1. The number of amides is 2. The SMILES string of the molecule is O=C(NC1CCCCC1)[C@H]1[C@H]2O[C@@H]3OC4(CCCCC4)O[C@@H]3[C@H]2OCC(=O)N1Cc1ccccc1. The summed E-state index contributed by atoms with van der Waals surface area (Å²) >= 11 is 0. The molecule has 0 unspecified atom stereocenters. The summed E-state index contributed by atoms with van der Waals surface area (Å²) in [7, 11) is 0. The highest BCUT2D eigenvalue weighted by molar-refractivity contribution is 5.89. The lowest BCUT2D eigenvalue weighted by molar-refractivity contribution is -0.249. The first kappa shape index (κ1) is 23.4. The highest BCUT2D eigenvalue weighted by Crippen LogP contribution is 2.47. The Bertz CT molecular complexity index is 914. The van der Waals surface area contributed by atoms with Gasteiger partial charge in [0.1, 0.15) is 31.0 Å². The lowest BCUT2D eigenvalue weighted by atomic mass is 9.94. The molecule has 0 aromatic heterocycles. The Hall–Kier alpha value is -2.00.